The minimum Gasteiger partial charge on any atom is -0.481 e. The molecule has 0 radical (unpaired) electrons. The predicted molar refractivity (Wildman–Crippen MR) is 94.0 cm³/mol. The Morgan fingerprint density at radius 3 is 2.21 bits per heavy atom. The maximum atomic E-state index is 6.09. The first-order chi connectivity index (χ1) is 11.2. The van der Waals surface area contributed by atoms with E-state index in [-0.39, 0.29) is 0 Å². The van der Waals surface area contributed by atoms with Crippen molar-refractivity contribution in [3.05, 3.63) is 6.20 Å². The van der Waals surface area contributed by atoms with Gasteiger partial charge in [0.1, 0.15) is 0 Å². The second-order valence-electron chi connectivity index (χ2n) is 7.51. The number of methoxy groups -OCH3 is 1. The fourth-order valence-corrected chi connectivity index (χ4v) is 2.82. The Kier molecular flexibility index (Phi) is 4.48. The first-order valence-electron chi connectivity index (χ1n) is 8.43. The summed E-state index contributed by atoms with van der Waals surface area (Å²) < 4.78 is 17.7. The van der Waals surface area contributed by atoms with Crippen LogP contribution < -0.4 is 15.1 Å². The van der Waals surface area contributed by atoms with Crippen molar-refractivity contribution in [2.45, 2.75) is 38.9 Å². The fourth-order valence-electron chi connectivity index (χ4n) is 2.82. The zero-order valence-electron chi connectivity index (χ0n) is 15.5. The molecule has 0 N–H and O–H groups in total. The van der Waals surface area contributed by atoms with Crippen molar-refractivity contribution in [1.82, 2.24) is 14.9 Å². The summed E-state index contributed by atoms with van der Waals surface area (Å²) in [5, 5.41) is 0. The Balaban J connectivity index is 1.83. The minimum atomic E-state index is -0.522. The molecule has 0 amide bonds. The summed E-state index contributed by atoms with van der Waals surface area (Å²) in [4.78, 5) is 13.6. The van der Waals surface area contributed by atoms with Crippen LogP contribution in [0.4, 0.5) is 5.95 Å². The highest BCUT2D eigenvalue weighted by Crippen LogP contribution is 2.37. The molecule has 0 spiro atoms. The van der Waals surface area contributed by atoms with Crippen molar-refractivity contribution in [2.75, 3.05) is 45.2 Å². The molecule has 1 aromatic heterocycles. The Hall–Kier alpha value is -1.38. The topological polar surface area (TPSA) is 60.0 Å². The average molecular weight is 334 g/mol. The SMILES string of the molecule is COc1nc(N2CCN(C)CC2)ncc1B1OC(C)(C)C(C)(C)O1. The number of hydrogen-bond acceptors (Lipinski definition) is 7. The summed E-state index contributed by atoms with van der Waals surface area (Å²) in [5.74, 6) is 1.21. The minimum absolute atomic E-state index is 0.404. The third-order valence-electron chi connectivity index (χ3n) is 5.25. The third kappa shape index (κ3) is 3.10. The number of ether oxygens (including phenoxy) is 1. The number of likely N-dealkylation sites (N-methyl/N-ethyl adjacent to an activating group) is 1. The monoisotopic (exact) mass is 334 g/mol. The van der Waals surface area contributed by atoms with Gasteiger partial charge in [0.25, 0.3) is 0 Å². The van der Waals surface area contributed by atoms with Crippen molar-refractivity contribution < 1.29 is 14.0 Å². The maximum absolute atomic E-state index is 6.09. The highest BCUT2D eigenvalue weighted by Gasteiger charge is 2.53. The van der Waals surface area contributed by atoms with E-state index in [1.807, 2.05) is 27.7 Å². The summed E-state index contributed by atoms with van der Waals surface area (Å²) >= 11 is 0. The summed E-state index contributed by atoms with van der Waals surface area (Å²) in [6.45, 7) is 11.9. The van der Waals surface area contributed by atoms with E-state index >= 15 is 0 Å². The van der Waals surface area contributed by atoms with Gasteiger partial charge in [-0.1, -0.05) is 0 Å². The van der Waals surface area contributed by atoms with Crippen molar-refractivity contribution in [3.8, 4) is 5.88 Å². The van der Waals surface area contributed by atoms with Crippen LogP contribution in [0.2, 0.25) is 0 Å². The van der Waals surface area contributed by atoms with E-state index in [1.54, 1.807) is 13.3 Å². The van der Waals surface area contributed by atoms with Gasteiger partial charge in [0.05, 0.1) is 23.8 Å². The van der Waals surface area contributed by atoms with Gasteiger partial charge in [0.15, 0.2) is 0 Å². The van der Waals surface area contributed by atoms with Crippen LogP contribution in [0.1, 0.15) is 27.7 Å². The average Bonchev–Trinajstić information content (AvgIpc) is 2.75. The van der Waals surface area contributed by atoms with Gasteiger partial charge in [-0.05, 0) is 34.7 Å². The van der Waals surface area contributed by atoms with Crippen molar-refractivity contribution >= 4 is 18.5 Å². The van der Waals surface area contributed by atoms with Gasteiger partial charge < -0.3 is 23.8 Å². The Morgan fingerprint density at radius 2 is 1.67 bits per heavy atom. The van der Waals surface area contributed by atoms with Gasteiger partial charge in [0.2, 0.25) is 11.8 Å². The van der Waals surface area contributed by atoms with E-state index in [0.29, 0.717) is 11.8 Å². The second-order valence-corrected chi connectivity index (χ2v) is 7.51. The van der Waals surface area contributed by atoms with E-state index < -0.39 is 18.3 Å². The lowest BCUT2D eigenvalue weighted by Gasteiger charge is -2.32. The molecule has 8 heteroatoms. The molecule has 132 valence electrons. The van der Waals surface area contributed by atoms with Crippen LogP contribution in [-0.4, -0.2) is 73.5 Å². The highest BCUT2D eigenvalue weighted by atomic mass is 16.7. The molecule has 0 bridgehead atoms. The zero-order valence-corrected chi connectivity index (χ0v) is 15.5. The molecule has 0 saturated carbocycles. The molecule has 0 aromatic carbocycles. The quantitative estimate of drug-likeness (QED) is 0.748. The smallest absolute Gasteiger partial charge is 0.481 e. The van der Waals surface area contributed by atoms with E-state index in [4.69, 9.17) is 14.0 Å². The number of hydrogen-bond donors (Lipinski definition) is 0. The van der Waals surface area contributed by atoms with Crippen LogP contribution >= 0.6 is 0 Å². The third-order valence-corrected chi connectivity index (χ3v) is 5.25. The number of rotatable bonds is 3. The number of aromatic nitrogens is 2. The van der Waals surface area contributed by atoms with Crippen LogP contribution in [0.25, 0.3) is 0 Å². The van der Waals surface area contributed by atoms with Crippen LogP contribution in [0.15, 0.2) is 6.20 Å². The second kappa shape index (κ2) is 6.17. The lowest BCUT2D eigenvalue weighted by atomic mass is 9.81. The molecule has 0 atom stereocenters. The van der Waals surface area contributed by atoms with Crippen molar-refractivity contribution in [3.63, 3.8) is 0 Å². The number of piperazine rings is 1. The van der Waals surface area contributed by atoms with E-state index in [1.165, 1.54) is 0 Å². The van der Waals surface area contributed by atoms with Crippen LogP contribution in [0.5, 0.6) is 5.88 Å². The Morgan fingerprint density at radius 1 is 1.08 bits per heavy atom. The van der Waals surface area contributed by atoms with Gasteiger partial charge in [-0.2, -0.15) is 4.98 Å². The number of anilines is 1. The summed E-state index contributed by atoms with van der Waals surface area (Å²) in [7, 11) is 3.22. The molecule has 0 unspecified atom stereocenters. The van der Waals surface area contributed by atoms with E-state index in [9.17, 15) is 0 Å². The van der Waals surface area contributed by atoms with E-state index in [2.05, 4.69) is 26.8 Å². The molecule has 24 heavy (non-hydrogen) atoms. The molecule has 3 heterocycles. The summed E-state index contributed by atoms with van der Waals surface area (Å²) in [5.41, 5.74) is -0.0773. The van der Waals surface area contributed by atoms with Gasteiger partial charge in [-0.3, -0.25) is 0 Å². The molecule has 1 aromatic rings. The first kappa shape index (κ1) is 17.4. The molecular weight excluding hydrogens is 307 g/mol. The van der Waals surface area contributed by atoms with Crippen molar-refractivity contribution in [1.29, 1.82) is 0 Å². The van der Waals surface area contributed by atoms with Gasteiger partial charge in [-0.15, -0.1) is 0 Å². The normalized spacial score (nSPS) is 23.6. The lowest BCUT2D eigenvalue weighted by molar-refractivity contribution is 0.00578. The van der Waals surface area contributed by atoms with Crippen LogP contribution in [0, 0.1) is 0 Å². The molecule has 3 rings (SSSR count). The highest BCUT2D eigenvalue weighted by molar-refractivity contribution is 6.63. The van der Waals surface area contributed by atoms with Crippen LogP contribution in [0.3, 0.4) is 0 Å². The number of nitrogens with zero attached hydrogens (tertiary/aromatic N) is 4. The van der Waals surface area contributed by atoms with E-state index in [0.717, 1.165) is 31.6 Å². The molecule has 2 fully saturated rings. The van der Waals surface area contributed by atoms with Gasteiger partial charge >= 0.3 is 7.12 Å². The lowest BCUT2D eigenvalue weighted by Crippen LogP contribution is -2.45. The summed E-state index contributed by atoms with van der Waals surface area (Å²) in [6.07, 6.45) is 1.77. The maximum Gasteiger partial charge on any atom is 0.502 e. The molecule has 2 aliphatic heterocycles. The largest absolute Gasteiger partial charge is 0.502 e. The molecule has 0 aliphatic carbocycles. The molecule has 2 aliphatic rings. The van der Waals surface area contributed by atoms with Gasteiger partial charge in [0, 0.05) is 32.4 Å². The summed E-state index contributed by atoms with van der Waals surface area (Å²) in [6, 6.07) is 0. The Bertz CT molecular complexity index is 587. The van der Waals surface area contributed by atoms with Crippen LogP contribution in [-0.2, 0) is 9.31 Å². The Labute approximate surface area is 144 Å². The van der Waals surface area contributed by atoms with Gasteiger partial charge in [-0.25, -0.2) is 4.98 Å². The standard InChI is InChI=1S/C16H27BN4O3/c1-15(2)16(3,4)24-17(23-15)12-11-18-14(19-13(12)22-6)21-9-7-20(5)8-10-21/h11H,7-10H2,1-6H3. The molecular formula is C16H27BN4O3. The predicted octanol–water partition coefficient (Wildman–Crippen LogP) is 0.536. The zero-order chi connectivity index (χ0) is 17.5. The first-order valence-corrected chi connectivity index (χ1v) is 8.43. The fraction of sp³-hybridized carbons (Fsp3) is 0.750. The molecule has 2 saturated heterocycles. The van der Waals surface area contributed by atoms with Crippen molar-refractivity contribution in [2.24, 2.45) is 0 Å². The molecule has 7 nitrogen and oxygen atoms in total.